The average molecular weight is 241 g/mol. The van der Waals surface area contributed by atoms with Crippen molar-refractivity contribution in [2.45, 2.75) is 0 Å². The van der Waals surface area contributed by atoms with Crippen LogP contribution in [-0.4, -0.2) is 18.0 Å². The molecule has 16 heavy (non-hydrogen) atoms. The Morgan fingerprint density at radius 3 is 2.62 bits per heavy atom. The molecule has 0 aliphatic carbocycles. The highest BCUT2D eigenvalue weighted by atomic mass is 32.3. The van der Waals surface area contributed by atoms with Crippen molar-refractivity contribution in [2.24, 2.45) is 0 Å². The van der Waals surface area contributed by atoms with E-state index < -0.39 is 10.4 Å². The molecule has 2 rings (SSSR count). The van der Waals surface area contributed by atoms with E-state index in [-0.39, 0.29) is 16.8 Å². The number of nitrogens with one attached hydrogen (secondary N) is 1. The van der Waals surface area contributed by atoms with Crippen LogP contribution in [0.15, 0.2) is 35.1 Å². The number of H-pyrrole nitrogens is 1. The van der Waals surface area contributed by atoms with E-state index in [0.717, 1.165) is 0 Å². The Labute approximate surface area is 90.4 Å². The van der Waals surface area contributed by atoms with Gasteiger partial charge in [0.15, 0.2) is 5.75 Å². The molecular weight excluding hydrogens is 234 g/mol. The van der Waals surface area contributed by atoms with Crippen LogP contribution < -0.4 is 9.74 Å². The summed E-state index contributed by atoms with van der Waals surface area (Å²) in [7, 11) is -4.60. The molecule has 0 fully saturated rings. The number of hydrogen-bond donors (Lipinski definition) is 2. The Morgan fingerprint density at radius 2 is 1.94 bits per heavy atom. The first kappa shape index (κ1) is 10.7. The minimum absolute atomic E-state index is 0.127. The van der Waals surface area contributed by atoms with Gasteiger partial charge in [-0.1, -0.05) is 12.1 Å². The van der Waals surface area contributed by atoms with E-state index in [9.17, 15) is 13.2 Å². The van der Waals surface area contributed by atoms with Crippen LogP contribution in [0.25, 0.3) is 10.9 Å². The van der Waals surface area contributed by atoms with Crippen molar-refractivity contribution >= 4 is 21.3 Å². The van der Waals surface area contributed by atoms with E-state index in [1.165, 1.54) is 18.2 Å². The van der Waals surface area contributed by atoms with Gasteiger partial charge in [0.05, 0.1) is 5.52 Å². The zero-order valence-electron chi connectivity index (χ0n) is 7.88. The number of pyridine rings is 1. The zero-order chi connectivity index (χ0) is 11.8. The standard InChI is InChI=1S/C9H7NO5S/c11-8-5-4-6-2-1-3-7(9(6)10-8)15-16(12,13)14/h1-5H,(H,10,11)(H,12,13,14). The summed E-state index contributed by atoms with van der Waals surface area (Å²) in [5.41, 5.74) is -0.175. The molecule has 0 bridgehead atoms. The molecule has 2 aromatic rings. The SMILES string of the molecule is O=c1ccc2cccc(OS(=O)(=O)O)c2[nH]1. The van der Waals surface area contributed by atoms with Crippen LogP contribution in [0.4, 0.5) is 0 Å². The second-order valence-corrected chi connectivity index (χ2v) is 4.08. The molecule has 1 aromatic heterocycles. The minimum Gasteiger partial charge on any atom is -0.360 e. The van der Waals surface area contributed by atoms with Crippen molar-refractivity contribution in [1.82, 2.24) is 4.98 Å². The van der Waals surface area contributed by atoms with E-state index >= 15 is 0 Å². The van der Waals surface area contributed by atoms with Crippen LogP contribution in [-0.2, 0) is 10.4 Å². The molecule has 0 spiro atoms. The van der Waals surface area contributed by atoms with Crippen LogP contribution >= 0.6 is 0 Å². The number of aromatic nitrogens is 1. The van der Waals surface area contributed by atoms with Gasteiger partial charge in [0.2, 0.25) is 5.56 Å². The van der Waals surface area contributed by atoms with Crippen molar-refractivity contribution in [2.75, 3.05) is 0 Å². The second-order valence-electron chi connectivity index (χ2n) is 3.05. The van der Waals surface area contributed by atoms with Crippen LogP contribution in [0.5, 0.6) is 5.75 Å². The number of benzene rings is 1. The third kappa shape index (κ3) is 2.20. The number of hydrogen-bond acceptors (Lipinski definition) is 4. The van der Waals surface area contributed by atoms with Gasteiger partial charge in [-0.15, -0.1) is 0 Å². The Hall–Kier alpha value is -1.86. The predicted molar refractivity (Wildman–Crippen MR) is 56.7 cm³/mol. The molecule has 0 unspecified atom stereocenters. The molecule has 7 heteroatoms. The molecule has 0 saturated carbocycles. The van der Waals surface area contributed by atoms with Gasteiger partial charge < -0.3 is 9.17 Å². The zero-order valence-corrected chi connectivity index (χ0v) is 8.69. The maximum absolute atomic E-state index is 11.1. The van der Waals surface area contributed by atoms with Crippen molar-refractivity contribution in [3.63, 3.8) is 0 Å². The summed E-state index contributed by atoms with van der Waals surface area (Å²) in [6.45, 7) is 0. The molecule has 0 aliphatic rings. The highest BCUT2D eigenvalue weighted by Gasteiger charge is 2.10. The first-order valence-electron chi connectivity index (χ1n) is 4.25. The molecule has 84 valence electrons. The lowest BCUT2D eigenvalue weighted by Gasteiger charge is -2.04. The lowest BCUT2D eigenvalue weighted by molar-refractivity contribution is 0.388. The van der Waals surface area contributed by atoms with Gasteiger partial charge in [0.1, 0.15) is 0 Å². The third-order valence-corrected chi connectivity index (χ3v) is 2.31. The second kappa shape index (κ2) is 3.62. The van der Waals surface area contributed by atoms with Crippen molar-refractivity contribution < 1.29 is 17.2 Å². The van der Waals surface area contributed by atoms with E-state index in [1.807, 2.05) is 0 Å². The van der Waals surface area contributed by atoms with E-state index in [0.29, 0.717) is 5.39 Å². The van der Waals surface area contributed by atoms with Crippen molar-refractivity contribution in [3.8, 4) is 5.75 Å². The highest BCUT2D eigenvalue weighted by molar-refractivity contribution is 7.81. The van der Waals surface area contributed by atoms with E-state index in [4.69, 9.17) is 4.55 Å². The Bertz CT molecular complexity index is 688. The van der Waals surface area contributed by atoms with Crippen LogP contribution in [0, 0.1) is 0 Å². The summed E-state index contributed by atoms with van der Waals surface area (Å²) in [6.07, 6.45) is 0. The Morgan fingerprint density at radius 1 is 1.19 bits per heavy atom. The van der Waals surface area contributed by atoms with E-state index in [2.05, 4.69) is 9.17 Å². The maximum Gasteiger partial charge on any atom is 0.446 e. The number of para-hydroxylation sites is 1. The average Bonchev–Trinajstić information content (AvgIpc) is 2.17. The maximum atomic E-state index is 11.1. The summed E-state index contributed by atoms with van der Waals surface area (Å²) in [6, 6.07) is 7.36. The first-order valence-corrected chi connectivity index (χ1v) is 5.61. The lowest BCUT2D eigenvalue weighted by atomic mass is 10.2. The fourth-order valence-corrected chi connectivity index (χ4v) is 1.70. The van der Waals surface area contributed by atoms with Gasteiger partial charge in [0.25, 0.3) is 0 Å². The summed E-state index contributed by atoms with van der Waals surface area (Å²) in [5.74, 6) is -0.127. The van der Waals surface area contributed by atoms with Gasteiger partial charge >= 0.3 is 10.4 Å². The smallest absolute Gasteiger partial charge is 0.360 e. The van der Waals surface area contributed by atoms with Crippen molar-refractivity contribution in [1.29, 1.82) is 0 Å². The predicted octanol–water partition coefficient (Wildman–Crippen LogP) is 0.710. The number of aromatic amines is 1. The monoisotopic (exact) mass is 241 g/mol. The normalized spacial score (nSPS) is 11.6. The van der Waals surface area contributed by atoms with Gasteiger partial charge in [0, 0.05) is 11.5 Å². The van der Waals surface area contributed by atoms with Crippen molar-refractivity contribution in [3.05, 3.63) is 40.7 Å². The molecule has 0 atom stereocenters. The fourth-order valence-electron chi connectivity index (χ4n) is 1.33. The lowest BCUT2D eigenvalue weighted by Crippen LogP contribution is -2.09. The molecule has 0 amide bonds. The molecule has 1 heterocycles. The fraction of sp³-hybridized carbons (Fsp3) is 0. The largest absolute Gasteiger partial charge is 0.446 e. The third-order valence-electron chi connectivity index (χ3n) is 1.92. The molecule has 6 nitrogen and oxygen atoms in total. The van der Waals surface area contributed by atoms with Crippen LogP contribution in [0.3, 0.4) is 0 Å². The summed E-state index contributed by atoms with van der Waals surface area (Å²) in [4.78, 5) is 13.5. The summed E-state index contributed by atoms with van der Waals surface area (Å²) < 4.78 is 34.0. The molecule has 1 aromatic carbocycles. The molecule has 0 radical (unpaired) electrons. The molecule has 0 aliphatic heterocycles. The summed E-state index contributed by atoms with van der Waals surface area (Å²) in [5, 5.41) is 0.598. The van der Waals surface area contributed by atoms with Gasteiger partial charge in [-0.05, 0) is 12.1 Å². The van der Waals surface area contributed by atoms with Gasteiger partial charge in [-0.25, -0.2) is 0 Å². The molecule has 2 N–H and O–H groups in total. The van der Waals surface area contributed by atoms with Gasteiger partial charge in [-0.2, -0.15) is 8.42 Å². The topological polar surface area (TPSA) is 96.5 Å². The first-order chi connectivity index (χ1) is 7.46. The Balaban J connectivity index is 2.70. The van der Waals surface area contributed by atoms with Crippen LogP contribution in [0.2, 0.25) is 0 Å². The number of fused-ring (bicyclic) bond motifs is 1. The van der Waals surface area contributed by atoms with Crippen LogP contribution in [0.1, 0.15) is 0 Å². The number of rotatable bonds is 2. The quantitative estimate of drug-likeness (QED) is 0.755. The Kier molecular flexibility index (Phi) is 2.41. The van der Waals surface area contributed by atoms with Gasteiger partial charge in [-0.3, -0.25) is 9.35 Å². The highest BCUT2D eigenvalue weighted by Crippen LogP contribution is 2.22. The molecule has 0 saturated heterocycles. The van der Waals surface area contributed by atoms with E-state index in [1.54, 1.807) is 12.1 Å². The summed E-state index contributed by atoms with van der Waals surface area (Å²) >= 11 is 0. The molecular formula is C9H7NO5S. The minimum atomic E-state index is -4.60.